The first kappa shape index (κ1) is 23.9. The molecule has 172 valence electrons. The van der Waals surface area contributed by atoms with Crippen LogP contribution in [-0.2, 0) is 20.8 Å². The number of hydrogen-bond donors (Lipinski definition) is 1. The van der Waals surface area contributed by atoms with Crippen molar-refractivity contribution in [3.8, 4) is 16.9 Å². The summed E-state index contributed by atoms with van der Waals surface area (Å²) in [5.74, 6) is -0.285. The van der Waals surface area contributed by atoms with Crippen molar-refractivity contribution in [3.63, 3.8) is 0 Å². The van der Waals surface area contributed by atoms with Crippen LogP contribution in [0.15, 0.2) is 78.2 Å². The molecule has 3 aromatic rings. The summed E-state index contributed by atoms with van der Waals surface area (Å²) < 4.78 is 10.9. The van der Waals surface area contributed by atoms with Crippen LogP contribution in [0, 0.1) is 0 Å². The molecule has 1 atom stereocenters. The van der Waals surface area contributed by atoms with E-state index in [9.17, 15) is 9.90 Å². The molecule has 1 aromatic heterocycles. The lowest BCUT2D eigenvalue weighted by molar-refractivity contribution is -0.149. The van der Waals surface area contributed by atoms with Gasteiger partial charge in [-0.05, 0) is 54.3 Å². The first-order valence-electron chi connectivity index (χ1n) is 10.8. The third kappa shape index (κ3) is 7.43. The van der Waals surface area contributed by atoms with Crippen molar-refractivity contribution in [1.82, 2.24) is 4.98 Å². The average Bonchev–Trinajstić information content (AvgIpc) is 2.85. The smallest absolute Gasteiger partial charge is 0.333 e. The van der Waals surface area contributed by atoms with E-state index < -0.39 is 12.1 Å². The van der Waals surface area contributed by atoms with Crippen LogP contribution in [0.3, 0.4) is 0 Å². The van der Waals surface area contributed by atoms with E-state index >= 15 is 0 Å². The number of rotatable bonds is 12. The van der Waals surface area contributed by atoms with Crippen molar-refractivity contribution in [2.45, 2.75) is 26.4 Å². The fourth-order valence-electron chi connectivity index (χ4n) is 3.18. The summed E-state index contributed by atoms with van der Waals surface area (Å²) in [6.45, 7) is 4.67. The van der Waals surface area contributed by atoms with E-state index in [0.29, 0.717) is 32.0 Å². The van der Waals surface area contributed by atoms with Gasteiger partial charge in [0.25, 0.3) is 0 Å². The number of carboxylic acids is 1. The van der Waals surface area contributed by atoms with Crippen molar-refractivity contribution in [2.75, 3.05) is 19.8 Å². The second-order valence-electron chi connectivity index (χ2n) is 7.31. The number of nitrogens with zero attached hydrogens (tertiary/aromatic N) is 2. The van der Waals surface area contributed by atoms with Crippen LogP contribution in [0.5, 0.6) is 5.75 Å². The van der Waals surface area contributed by atoms with Gasteiger partial charge in [-0.15, -0.1) is 0 Å². The van der Waals surface area contributed by atoms with Crippen molar-refractivity contribution < 1.29 is 24.2 Å². The topological polar surface area (TPSA) is 90.2 Å². The van der Waals surface area contributed by atoms with Crippen LogP contribution < -0.4 is 4.74 Å². The zero-order chi connectivity index (χ0) is 23.5. The van der Waals surface area contributed by atoms with Gasteiger partial charge in [0.05, 0.1) is 5.71 Å². The van der Waals surface area contributed by atoms with Crippen LogP contribution in [0.1, 0.15) is 25.0 Å². The highest BCUT2D eigenvalue weighted by Gasteiger charge is 2.17. The molecular weight excluding hydrogens is 420 g/mol. The summed E-state index contributed by atoms with van der Waals surface area (Å²) in [6.07, 6.45) is 3.05. The lowest BCUT2D eigenvalue weighted by atomic mass is 10.0. The van der Waals surface area contributed by atoms with Crippen LogP contribution in [-0.4, -0.2) is 47.7 Å². The molecule has 0 fully saturated rings. The Labute approximate surface area is 193 Å². The SMILES string of the molecule is CCOC(Cc1ccc(OCCON=C(C)c2ccc(-c3cccnc3)cc2)cc1)C(=O)O. The first-order valence-corrected chi connectivity index (χ1v) is 10.8. The van der Waals surface area contributed by atoms with E-state index in [2.05, 4.69) is 10.1 Å². The summed E-state index contributed by atoms with van der Waals surface area (Å²) >= 11 is 0. The molecule has 2 aromatic carbocycles. The van der Waals surface area contributed by atoms with E-state index in [4.69, 9.17) is 14.3 Å². The molecule has 1 unspecified atom stereocenters. The predicted octanol–water partition coefficient (Wildman–Crippen LogP) is 4.60. The van der Waals surface area contributed by atoms with E-state index in [1.807, 2.05) is 61.7 Å². The first-order chi connectivity index (χ1) is 16.1. The molecule has 0 radical (unpaired) electrons. The van der Waals surface area contributed by atoms with Crippen LogP contribution in [0.25, 0.3) is 11.1 Å². The number of aliphatic carboxylic acids is 1. The number of benzene rings is 2. The number of pyridine rings is 1. The Morgan fingerprint density at radius 3 is 2.42 bits per heavy atom. The molecule has 7 nitrogen and oxygen atoms in total. The lowest BCUT2D eigenvalue weighted by Crippen LogP contribution is -2.26. The van der Waals surface area contributed by atoms with Gasteiger partial charge in [-0.2, -0.15) is 0 Å². The molecule has 3 rings (SSSR count). The summed E-state index contributed by atoms with van der Waals surface area (Å²) in [4.78, 5) is 20.7. The highest BCUT2D eigenvalue weighted by Crippen LogP contribution is 2.19. The van der Waals surface area contributed by atoms with E-state index in [1.54, 1.807) is 25.3 Å². The molecule has 1 heterocycles. The zero-order valence-electron chi connectivity index (χ0n) is 18.8. The molecule has 0 aliphatic carbocycles. The fourth-order valence-corrected chi connectivity index (χ4v) is 3.18. The average molecular weight is 449 g/mol. The van der Waals surface area contributed by atoms with Crippen LogP contribution in [0.2, 0.25) is 0 Å². The number of oxime groups is 1. The Kier molecular flexibility index (Phi) is 8.97. The predicted molar refractivity (Wildman–Crippen MR) is 127 cm³/mol. The number of hydrogen-bond acceptors (Lipinski definition) is 6. The maximum atomic E-state index is 11.2. The lowest BCUT2D eigenvalue weighted by Gasteiger charge is -2.12. The molecule has 0 aliphatic heterocycles. The van der Waals surface area contributed by atoms with Gasteiger partial charge in [-0.3, -0.25) is 4.98 Å². The third-order valence-corrected chi connectivity index (χ3v) is 4.93. The minimum atomic E-state index is -0.963. The van der Waals surface area contributed by atoms with Crippen molar-refractivity contribution in [2.24, 2.45) is 5.16 Å². The van der Waals surface area contributed by atoms with Gasteiger partial charge in [0.15, 0.2) is 12.7 Å². The van der Waals surface area contributed by atoms with Gasteiger partial charge in [0, 0.05) is 25.4 Å². The second kappa shape index (κ2) is 12.4. The molecule has 0 aliphatic rings. The van der Waals surface area contributed by atoms with Gasteiger partial charge in [-0.1, -0.05) is 47.6 Å². The molecule has 0 saturated carbocycles. The summed E-state index contributed by atoms with van der Waals surface area (Å²) in [6, 6.07) is 19.3. The maximum absolute atomic E-state index is 11.2. The van der Waals surface area contributed by atoms with E-state index in [0.717, 1.165) is 28.0 Å². The van der Waals surface area contributed by atoms with Gasteiger partial charge < -0.3 is 19.4 Å². The van der Waals surface area contributed by atoms with Crippen molar-refractivity contribution in [1.29, 1.82) is 0 Å². The molecule has 1 N–H and O–H groups in total. The summed E-state index contributed by atoms with van der Waals surface area (Å²) in [5.41, 5.74) is 4.78. The number of carboxylic acid groups (broad SMARTS) is 1. The van der Waals surface area contributed by atoms with Crippen LogP contribution in [0.4, 0.5) is 0 Å². The normalized spacial score (nSPS) is 12.2. The van der Waals surface area contributed by atoms with Crippen molar-refractivity contribution in [3.05, 3.63) is 84.2 Å². The maximum Gasteiger partial charge on any atom is 0.333 e. The Balaban J connectivity index is 1.42. The second-order valence-corrected chi connectivity index (χ2v) is 7.31. The molecule has 0 spiro atoms. The number of carbonyl (C=O) groups is 1. The molecule has 0 saturated heterocycles. The highest BCUT2D eigenvalue weighted by atomic mass is 16.6. The standard InChI is InChI=1S/C26H28N2O5/c1-3-31-25(26(29)30)17-20-6-12-24(13-7-20)32-15-16-33-28-19(2)21-8-10-22(11-9-21)23-5-4-14-27-18-23/h4-14,18,25H,3,15-17H2,1-2H3,(H,29,30). The zero-order valence-corrected chi connectivity index (χ0v) is 18.8. The monoisotopic (exact) mass is 448 g/mol. The molecular formula is C26H28N2O5. The Hall–Kier alpha value is -3.71. The quantitative estimate of drug-likeness (QED) is 0.247. The minimum Gasteiger partial charge on any atom is -0.490 e. The van der Waals surface area contributed by atoms with Gasteiger partial charge in [0.2, 0.25) is 0 Å². The number of aromatic nitrogens is 1. The molecule has 7 heteroatoms. The fraction of sp³-hybridized carbons (Fsp3) is 0.269. The Bertz CT molecular complexity index is 1030. The van der Waals surface area contributed by atoms with E-state index in [1.165, 1.54) is 0 Å². The summed E-state index contributed by atoms with van der Waals surface area (Å²) in [7, 11) is 0. The highest BCUT2D eigenvalue weighted by molar-refractivity contribution is 5.98. The van der Waals surface area contributed by atoms with Gasteiger partial charge in [0.1, 0.15) is 12.4 Å². The molecule has 0 bridgehead atoms. The molecule has 33 heavy (non-hydrogen) atoms. The van der Waals surface area contributed by atoms with Gasteiger partial charge in [-0.25, -0.2) is 4.79 Å². The largest absolute Gasteiger partial charge is 0.490 e. The Morgan fingerprint density at radius 2 is 1.79 bits per heavy atom. The van der Waals surface area contributed by atoms with E-state index in [-0.39, 0.29) is 0 Å². The summed E-state index contributed by atoms with van der Waals surface area (Å²) in [5, 5.41) is 13.3. The van der Waals surface area contributed by atoms with Crippen molar-refractivity contribution >= 4 is 11.7 Å². The molecule has 0 amide bonds. The third-order valence-electron chi connectivity index (χ3n) is 4.93. The van der Waals surface area contributed by atoms with Crippen LogP contribution >= 0.6 is 0 Å². The Morgan fingerprint density at radius 1 is 1.03 bits per heavy atom. The number of ether oxygens (including phenoxy) is 2. The van der Waals surface area contributed by atoms with Gasteiger partial charge >= 0.3 is 5.97 Å². The minimum absolute atomic E-state index is 0.304.